The van der Waals surface area contributed by atoms with Gasteiger partial charge in [0.25, 0.3) is 0 Å². The maximum Gasteiger partial charge on any atom is 0.0242 e. The molecule has 2 rings (SSSR count). The lowest BCUT2D eigenvalue weighted by Crippen LogP contribution is -2.17. The van der Waals surface area contributed by atoms with Gasteiger partial charge in [0.05, 0.1) is 0 Å². The fraction of sp³-hybridized carbons (Fsp3) is 0.158. The minimum absolute atomic E-state index is 0.891. The number of benzene rings is 2. The van der Waals surface area contributed by atoms with Crippen molar-refractivity contribution in [2.75, 3.05) is 7.05 Å². The van der Waals surface area contributed by atoms with Crippen LogP contribution in [0.5, 0.6) is 0 Å². The van der Waals surface area contributed by atoms with Crippen LogP contribution in [-0.4, -0.2) is 11.9 Å². The van der Waals surface area contributed by atoms with Gasteiger partial charge in [0, 0.05) is 24.2 Å². The van der Waals surface area contributed by atoms with Gasteiger partial charge < -0.3 is 0 Å². The molecule has 1 nitrogen and oxygen atoms in total. The van der Waals surface area contributed by atoms with E-state index in [0.717, 1.165) is 24.2 Å². The SMILES string of the molecule is C#Cc1ccc(CN(C)Cc2ccc(C#C)cc2)cc1. The molecular weight excluding hydrogens is 242 g/mol. The van der Waals surface area contributed by atoms with E-state index in [1.54, 1.807) is 0 Å². The molecule has 20 heavy (non-hydrogen) atoms. The Balaban J connectivity index is 1.95. The van der Waals surface area contributed by atoms with Crippen molar-refractivity contribution < 1.29 is 0 Å². The smallest absolute Gasteiger partial charge is 0.0242 e. The van der Waals surface area contributed by atoms with Crippen LogP contribution in [-0.2, 0) is 13.1 Å². The molecule has 0 bridgehead atoms. The van der Waals surface area contributed by atoms with E-state index in [1.165, 1.54) is 11.1 Å². The predicted octanol–water partition coefficient (Wildman–Crippen LogP) is 3.28. The lowest BCUT2D eigenvalue weighted by molar-refractivity contribution is 0.319. The molecule has 0 radical (unpaired) electrons. The van der Waals surface area contributed by atoms with E-state index in [9.17, 15) is 0 Å². The van der Waals surface area contributed by atoms with E-state index in [-0.39, 0.29) is 0 Å². The van der Waals surface area contributed by atoms with Gasteiger partial charge in [-0.2, -0.15) is 0 Å². The van der Waals surface area contributed by atoms with Crippen molar-refractivity contribution in [3.05, 3.63) is 70.8 Å². The molecule has 0 aliphatic heterocycles. The molecule has 0 atom stereocenters. The Kier molecular flexibility index (Phi) is 4.61. The molecule has 2 aromatic rings. The second-order valence-electron chi connectivity index (χ2n) is 4.85. The molecule has 0 saturated carbocycles. The first-order valence-electron chi connectivity index (χ1n) is 6.51. The van der Waals surface area contributed by atoms with Crippen LogP contribution in [0.15, 0.2) is 48.5 Å². The molecule has 0 fully saturated rings. The Morgan fingerprint density at radius 1 is 0.750 bits per heavy atom. The summed E-state index contributed by atoms with van der Waals surface area (Å²) in [7, 11) is 2.10. The van der Waals surface area contributed by atoms with Crippen molar-refractivity contribution in [2.24, 2.45) is 0 Å². The highest BCUT2D eigenvalue weighted by Crippen LogP contribution is 2.10. The fourth-order valence-electron chi connectivity index (χ4n) is 2.09. The van der Waals surface area contributed by atoms with Gasteiger partial charge in [0.2, 0.25) is 0 Å². The first-order chi connectivity index (χ1) is 9.71. The highest BCUT2D eigenvalue weighted by Gasteiger charge is 2.02. The maximum atomic E-state index is 5.35. The molecule has 0 aromatic heterocycles. The summed E-state index contributed by atoms with van der Waals surface area (Å²) in [4.78, 5) is 2.26. The van der Waals surface area contributed by atoms with Crippen LogP contribution in [0.2, 0.25) is 0 Å². The maximum absolute atomic E-state index is 5.35. The first-order valence-corrected chi connectivity index (χ1v) is 6.51. The zero-order valence-corrected chi connectivity index (χ0v) is 11.6. The second-order valence-corrected chi connectivity index (χ2v) is 4.85. The Morgan fingerprint density at radius 2 is 1.10 bits per heavy atom. The lowest BCUT2D eigenvalue weighted by atomic mass is 10.1. The van der Waals surface area contributed by atoms with Crippen LogP contribution >= 0.6 is 0 Å². The van der Waals surface area contributed by atoms with E-state index < -0.39 is 0 Å². The van der Waals surface area contributed by atoms with E-state index in [0.29, 0.717) is 0 Å². The summed E-state index contributed by atoms with van der Waals surface area (Å²) in [6, 6.07) is 16.2. The van der Waals surface area contributed by atoms with E-state index >= 15 is 0 Å². The average Bonchev–Trinajstić information content (AvgIpc) is 2.49. The molecule has 0 saturated heterocycles. The van der Waals surface area contributed by atoms with Gasteiger partial charge in [-0.25, -0.2) is 0 Å². The molecule has 0 unspecified atom stereocenters. The topological polar surface area (TPSA) is 3.24 Å². The number of terminal acetylenes is 2. The van der Waals surface area contributed by atoms with Crippen LogP contribution in [0.25, 0.3) is 0 Å². The van der Waals surface area contributed by atoms with Gasteiger partial charge in [-0.1, -0.05) is 36.1 Å². The summed E-state index contributed by atoms with van der Waals surface area (Å²) in [6.07, 6.45) is 10.7. The summed E-state index contributed by atoms with van der Waals surface area (Å²) in [5.41, 5.74) is 4.35. The Bertz CT molecular complexity index is 577. The highest BCUT2D eigenvalue weighted by molar-refractivity contribution is 5.35. The average molecular weight is 259 g/mol. The van der Waals surface area contributed by atoms with Crippen LogP contribution in [0.1, 0.15) is 22.3 Å². The summed E-state index contributed by atoms with van der Waals surface area (Å²) < 4.78 is 0. The minimum atomic E-state index is 0.891. The predicted molar refractivity (Wildman–Crippen MR) is 83.9 cm³/mol. The van der Waals surface area contributed by atoms with Gasteiger partial charge in [0.15, 0.2) is 0 Å². The van der Waals surface area contributed by atoms with Crippen LogP contribution < -0.4 is 0 Å². The molecule has 0 aliphatic rings. The van der Waals surface area contributed by atoms with Gasteiger partial charge in [-0.3, -0.25) is 4.90 Å². The van der Waals surface area contributed by atoms with Crippen molar-refractivity contribution in [2.45, 2.75) is 13.1 Å². The Labute approximate surface area is 121 Å². The number of hydrogen-bond acceptors (Lipinski definition) is 1. The monoisotopic (exact) mass is 259 g/mol. The fourth-order valence-corrected chi connectivity index (χ4v) is 2.09. The normalized spacial score (nSPS) is 10.0. The van der Waals surface area contributed by atoms with E-state index in [4.69, 9.17) is 12.8 Å². The summed E-state index contributed by atoms with van der Waals surface area (Å²) in [5, 5.41) is 0. The van der Waals surface area contributed by atoms with Crippen molar-refractivity contribution >= 4 is 0 Å². The standard InChI is InChI=1S/C19H17N/c1-4-16-6-10-18(11-7-16)14-20(3)15-19-12-8-17(5-2)9-13-19/h1-2,6-13H,14-15H2,3H3. The third-order valence-corrected chi connectivity index (χ3v) is 3.15. The molecule has 0 N–H and O–H groups in total. The highest BCUT2D eigenvalue weighted by atomic mass is 15.1. The van der Waals surface area contributed by atoms with E-state index in [1.807, 2.05) is 24.3 Å². The molecule has 0 amide bonds. The summed E-state index contributed by atoms with van der Waals surface area (Å²) in [5.74, 6) is 5.26. The van der Waals surface area contributed by atoms with Crippen LogP contribution in [0, 0.1) is 24.7 Å². The minimum Gasteiger partial charge on any atom is -0.298 e. The van der Waals surface area contributed by atoms with Crippen molar-refractivity contribution in [1.29, 1.82) is 0 Å². The number of hydrogen-bond donors (Lipinski definition) is 0. The quantitative estimate of drug-likeness (QED) is 0.762. The lowest BCUT2D eigenvalue weighted by Gasteiger charge is -2.17. The molecule has 0 spiro atoms. The van der Waals surface area contributed by atoms with Gasteiger partial charge in [0.1, 0.15) is 0 Å². The molecule has 1 heteroatoms. The van der Waals surface area contributed by atoms with Crippen molar-refractivity contribution in [1.82, 2.24) is 4.90 Å². The molecule has 0 aliphatic carbocycles. The third kappa shape index (κ3) is 3.75. The zero-order chi connectivity index (χ0) is 14.4. The summed E-state index contributed by atoms with van der Waals surface area (Å²) >= 11 is 0. The number of nitrogens with zero attached hydrogens (tertiary/aromatic N) is 1. The summed E-state index contributed by atoms with van der Waals surface area (Å²) in [6.45, 7) is 1.78. The first kappa shape index (κ1) is 13.9. The Morgan fingerprint density at radius 3 is 1.40 bits per heavy atom. The molecule has 98 valence electrons. The van der Waals surface area contributed by atoms with Gasteiger partial charge in [-0.05, 0) is 42.4 Å². The molecular formula is C19H17N. The van der Waals surface area contributed by atoms with Gasteiger partial charge in [-0.15, -0.1) is 12.8 Å². The van der Waals surface area contributed by atoms with Gasteiger partial charge >= 0.3 is 0 Å². The van der Waals surface area contributed by atoms with Crippen molar-refractivity contribution in [3.8, 4) is 24.7 Å². The molecule has 2 aromatic carbocycles. The second kappa shape index (κ2) is 6.62. The van der Waals surface area contributed by atoms with Crippen molar-refractivity contribution in [3.63, 3.8) is 0 Å². The third-order valence-electron chi connectivity index (χ3n) is 3.15. The number of rotatable bonds is 4. The largest absolute Gasteiger partial charge is 0.298 e. The Hall–Kier alpha value is -2.48. The van der Waals surface area contributed by atoms with Crippen LogP contribution in [0.3, 0.4) is 0 Å². The zero-order valence-electron chi connectivity index (χ0n) is 11.6. The van der Waals surface area contributed by atoms with Crippen LogP contribution in [0.4, 0.5) is 0 Å². The van der Waals surface area contributed by atoms with E-state index in [2.05, 4.69) is 48.1 Å². The molecule has 0 heterocycles.